The Morgan fingerprint density at radius 3 is 1.79 bits per heavy atom. The molecule has 0 saturated heterocycles. The van der Waals surface area contributed by atoms with E-state index >= 15 is 17.6 Å². The molecule has 5 nitrogen and oxygen atoms in total. The van der Waals surface area contributed by atoms with E-state index in [-0.39, 0.29) is 55.3 Å². The van der Waals surface area contributed by atoms with Gasteiger partial charge in [-0.2, -0.15) is 6.07 Å². The number of ether oxygens (including phenoxy) is 1. The molecule has 1 aliphatic rings. The van der Waals surface area contributed by atoms with E-state index in [4.69, 9.17) is 9.72 Å². The monoisotopic (exact) mass is 1200 g/mol. The summed E-state index contributed by atoms with van der Waals surface area (Å²) in [5.41, 5.74) is 7.07. The largest absolute Gasteiger partial charge is 0.509 e. The third-order valence-electron chi connectivity index (χ3n) is 14.2. The molecule has 7 aromatic carbocycles. The van der Waals surface area contributed by atoms with Crippen molar-refractivity contribution < 1.29 is 49.1 Å². The number of aromatic nitrogens is 2. The molecule has 10 rings (SSSR count). The molecule has 76 heavy (non-hydrogen) atoms. The van der Waals surface area contributed by atoms with Crippen molar-refractivity contribution in [2.75, 3.05) is 9.80 Å². The number of fused-ring (bicyclic) bond motifs is 4. The fourth-order valence-corrected chi connectivity index (χ4v) is 9.86. The second-order valence-corrected chi connectivity index (χ2v) is 22.5. The Morgan fingerprint density at radius 1 is 0.579 bits per heavy atom. The van der Waals surface area contributed by atoms with E-state index in [2.05, 4.69) is 89.4 Å². The summed E-state index contributed by atoms with van der Waals surface area (Å²) in [4.78, 5) is 8.41. The average molecular weight is 1200 g/mol. The van der Waals surface area contributed by atoms with Crippen molar-refractivity contribution in [2.24, 2.45) is 0 Å². The van der Waals surface area contributed by atoms with Crippen LogP contribution >= 0.6 is 0 Å². The van der Waals surface area contributed by atoms with Crippen LogP contribution in [0.15, 0.2) is 121 Å². The number of hydrogen-bond acceptors (Lipinski definition) is 4. The predicted octanol–water partition coefficient (Wildman–Crippen LogP) is 19.0. The van der Waals surface area contributed by atoms with Gasteiger partial charge in [-0.15, -0.1) is 53.6 Å². The van der Waals surface area contributed by atoms with Crippen LogP contribution in [0.4, 0.5) is 44.7 Å². The normalized spacial score (nSPS) is 13.3. The number of hydrogen-bond donors (Lipinski definition) is 0. The number of halogens is 5. The summed E-state index contributed by atoms with van der Waals surface area (Å²) in [6.07, 6.45) is 1.82. The Kier molecular flexibility index (Phi) is 14.1. The molecule has 0 amide bonds. The molecule has 0 fully saturated rings. The number of rotatable bonds is 10. The van der Waals surface area contributed by atoms with Crippen LogP contribution in [-0.2, 0) is 31.9 Å². The molecule has 0 saturated carbocycles. The third kappa shape index (κ3) is 9.71. The van der Waals surface area contributed by atoms with Crippen LogP contribution in [0.5, 0.6) is 11.5 Å². The predicted molar refractivity (Wildman–Crippen MR) is 295 cm³/mol. The van der Waals surface area contributed by atoms with Gasteiger partial charge < -0.3 is 19.1 Å². The van der Waals surface area contributed by atoms with Crippen molar-refractivity contribution in [2.45, 2.75) is 112 Å². The summed E-state index contributed by atoms with van der Waals surface area (Å²) >= 11 is 0. The van der Waals surface area contributed by atoms with Crippen LogP contribution in [0.1, 0.15) is 130 Å². The van der Waals surface area contributed by atoms with Gasteiger partial charge in [0.15, 0.2) is 23.3 Å². The molecule has 9 aromatic rings. The maximum atomic E-state index is 16.6. The summed E-state index contributed by atoms with van der Waals surface area (Å²) in [5, 5.41) is 1.98. The summed E-state index contributed by atoms with van der Waals surface area (Å²) in [6, 6.07) is 43.8. The maximum absolute atomic E-state index is 16.6. The second-order valence-electron chi connectivity index (χ2n) is 22.5. The standard InChI is InChI=1S/C65H60F5N4O.Pt/c1-36(2)39-25-40(37(3)4)27-42(26-39)50-30-44(65(10,11)12)31-51(57-58(66)60(68)62(70)61(69)59(57)67)63(50)73-35-72(53-19-15-16-20-54(53)73)45-28-41(38(5)6)29-47(33-45)75-46-21-22-49-48-17-13-14-18-52(48)74(55(49)34-46)56-32-43(23-24-71-56)64(7,8)9;/h13-32,35-38H,1-12H3;/q-3;/i38D;. The van der Waals surface area contributed by atoms with Crippen molar-refractivity contribution in [3.63, 3.8) is 0 Å². The molecule has 0 aliphatic carbocycles. The van der Waals surface area contributed by atoms with E-state index in [1.807, 2.05) is 111 Å². The Balaban J connectivity index is 0.00000722. The minimum atomic E-state index is -2.24. The first-order valence-electron chi connectivity index (χ1n) is 25.9. The molecule has 3 heterocycles. The number of para-hydroxylation sites is 3. The van der Waals surface area contributed by atoms with Crippen molar-refractivity contribution >= 4 is 44.6 Å². The van der Waals surface area contributed by atoms with E-state index < -0.39 is 46.0 Å². The molecule has 1 aliphatic heterocycles. The molecule has 0 spiro atoms. The Morgan fingerprint density at radius 2 is 1.17 bits per heavy atom. The topological polar surface area (TPSA) is 33.5 Å². The summed E-state index contributed by atoms with van der Waals surface area (Å²) < 4.78 is 97.3. The van der Waals surface area contributed by atoms with Crippen molar-refractivity contribution in [3.8, 4) is 39.6 Å². The van der Waals surface area contributed by atoms with E-state index in [1.165, 1.54) is 6.07 Å². The average Bonchev–Trinajstić information content (AvgIpc) is 4.18. The van der Waals surface area contributed by atoms with Gasteiger partial charge in [-0.3, -0.25) is 0 Å². The molecular weight excluding hydrogens is 1140 g/mol. The van der Waals surface area contributed by atoms with Crippen LogP contribution < -0.4 is 14.5 Å². The first-order chi connectivity index (χ1) is 35.8. The van der Waals surface area contributed by atoms with Gasteiger partial charge in [0.2, 0.25) is 5.82 Å². The van der Waals surface area contributed by atoms with Gasteiger partial charge in [0, 0.05) is 73.8 Å². The molecule has 394 valence electrons. The summed E-state index contributed by atoms with van der Waals surface area (Å²) in [6.45, 7) is 25.9. The van der Waals surface area contributed by atoms with E-state index in [9.17, 15) is 5.76 Å². The molecule has 0 N–H and O–H groups in total. The van der Waals surface area contributed by atoms with E-state index in [0.29, 0.717) is 45.1 Å². The third-order valence-corrected chi connectivity index (χ3v) is 14.2. The van der Waals surface area contributed by atoms with Crippen LogP contribution in [0, 0.1) is 47.9 Å². The minimum Gasteiger partial charge on any atom is -0.509 e. The van der Waals surface area contributed by atoms with Gasteiger partial charge in [0.1, 0.15) is 5.82 Å². The zero-order valence-corrected chi connectivity index (χ0v) is 47.0. The Labute approximate surface area is 459 Å². The molecule has 11 heteroatoms. The zero-order valence-electron chi connectivity index (χ0n) is 45.7. The number of pyridine rings is 1. The van der Waals surface area contributed by atoms with Crippen molar-refractivity contribution in [1.82, 2.24) is 9.55 Å². The quantitative estimate of drug-likeness (QED) is 0.0591. The van der Waals surface area contributed by atoms with Crippen molar-refractivity contribution in [1.29, 1.82) is 0 Å². The van der Waals surface area contributed by atoms with Crippen LogP contribution in [-0.4, -0.2) is 9.55 Å². The van der Waals surface area contributed by atoms with Gasteiger partial charge in [-0.05, 0) is 104 Å². The smallest absolute Gasteiger partial charge is 0.200 e. The fraction of sp³-hybridized carbons (Fsp3) is 0.262. The van der Waals surface area contributed by atoms with Gasteiger partial charge in [-0.25, -0.2) is 26.9 Å². The molecule has 2 aromatic heterocycles. The number of nitrogens with zero attached hydrogens (tertiary/aromatic N) is 4. The number of anilines is 4. The van der Waals surface area contributed by atoms with Crippen LogP contribution in [0.25, 0.3) is 49.9 Å². The SMILES string of the molecule is [2H]C(C)(C)c1cc(Oc2[c-]c3c(cc2)c2ccccc2n3-c2cc(C(C)(C)C)ccn2)[c-]c(N2[CH-]N(c3c(-c4cc(C(C)C)cc(C(C)C)c4)cc(C(C)(C)C)cc3-c3c(F)c(F)c(F)c(F)c3F)c3ccccc32)c1.[Pt]. The fourth-order valence-electron chi connectivity index (χ4n) is 9.86. The Bertz CT molecular complexity index is 3720. The van der Waals surface area contributed by atoms with Crippen molar-refractivity contribution in [3.05, 3.63) is 197 Å². The number of benzene rings is 7. The second kappa shape index (κ2) is 20.3. The zero-order chi connectivity index (χ0) is 54.5. The van der Waals surface area contributed by atoms with E-state index in [0.717, 1.165) is 44.3 Å². The van der Waals surface area contributed by atoms with Gasteiger partial charge >= 0.3 is 0 Å². The van der Waals surface area contributed by atoms with Crippen LogP contribution in [0.2, 0.25) is 0 Å². The summed E-state index contributed by atoms with van der Waals surface area (Å²) in [7, 11) is 0. The van der Waals surface area contributed by atoms with Gasteiger partial charge in [-0.1, -0.05) is 137 Å². The molecule has 0 bridgehead atoms. The molecular formula is C65H60F5N4OPt-3. The molecule has 0 atom stereocenters. The summed E-state index contributed by atoms with van der Waals surface area (Å²) in [5.74, 6) is -9.77. The first-order valence-corrected chi connectivity index (χ1v) is 25.4. The van der Waals surface area contributed by atoms with E-state index in [1.54, 1.807) is 31.5 Å². The minimum absolute atomic E-state index is 0. The van der Waals surface area contributed by atoms with Crippen LogP contribution in [0.3, 0.4) is 0 Å². The Hall–Kier alpha value is -6.77. The molecule has 0 radical (unpaired) electrons. The maximum Gasteiger partial charge on any atom is 0.200 e. The first kappa shape index (κ1) is 52.7. The van der Waals surface area contributed by atoms with Gasteiger partial charge in [0.05, 0.1) is 5.56 Å². The van der Waals surface area contributed by atoms with Gasteiger partial charge in [0.25, 0.3) is 0 Å². The molecule has 0 unspecified atom stereocenters.